The maximum atomic E-state index is 12.8. The predicted octanol–water partition coefficient (Wildman–Crippen LogP) is 2.61. The lowest BCUT2D eigenvalue weighted by Crippen LogP contribution is -2.47. The van der Waals surface area contributed by atoms with Gasteiger partial charge in [0.15, 0.2) is 0 Å². The third-order valence-corrected chi connectivity index (χ3v) is 4.86. The molecular weight excluding hydrogens is 384 g/mol. The van der Waals surface area contributed by atoms with Crippen molar-refractivity contribution in [3.63, 3.8) is 0 Å². The molecule has 1 aromatic heterocycles. The number of benzene rings is 1. The number of nitrogens with zero attached hydrogens (tertiary/aromatic N) is 1. The molecule has 8 nitrogen and oxygen atoms in total. The first-order valence-electron chi connectivity index (χ1n) is 8.88. The van der Waals surface area contributed by atoms with Crippen molar-refractivity contribution in [2.75, 3.05) is 37.4 Å². The van der Waals surface area contributed by atoms with E-state index in [0.717, 1.165) is 25.9 Å². The van der Waals surface area contributed by atoms with E-state index in [1.54, 1.807) is 38.3 Å². The summed E-state index contributed by atoms with van der Waals surface area (Å²) >= 11 is 0. The Bertz CT molecular complexity index is 795. The molecule has 1 fully saturated rings. The summed E-state index contributed by atoms with van der Waals surface area (Å²) in [6.07, 6.45) is 2.85. The van der Waals surface area contributed by atoms with E-state index < -0.39 is 5.41 Å². The number of methoxy groups -OCH3 is 1. The van der Waals surface area contributed by atoms with Crippen LogP contribution in [0.3, 0.4) is 0 Å². The second kappa shape index (κ2) is 9.68. The number of nitrogens with one attached hydrogen (secondary N) is 3. The highest BCUT2D eigenvalue weighted by atomic mass is 35.5. The van der Waals surface area contributed by atoms with Gasteiger partial charge in [-0.2, -0.15) is 0 Å². The van der Waals surface area contributed by atoms with Gasteiger partial charge in [0.1, 0.15) is 11.3 Å². The third-order valence-electron chi connectivity index (χ3n) is 4.86. The molecule has 0 bridgehead atoms. The molecule has 2 aromatic rings. The topological polar surface area (TPSA) is 105 Å². The van der Waals surface area contributed by atoms with Crippen molar-refractivity contribution in [1.29, 1.82) is 0 Å². The summed E-state index contributed by atoms with van der Waals surface area (Å²) in [5.74, 6) is 0.129. The first kappa shape index (κ1) is 21.9. The first-order valence-corrected chi connectivity index (χ1v) is 8.88. The fourth-order valence-corrected chi connectivity index (χ4v) is 3.23. The number of rotatable bonds is 6. The van der Waals surface area contributed by atoms with E-state index in [1.807, 2.05) is 0 Å². The van der Waals surface area contributed by atoms with Crippen molar-refractivity contribution in [3.8, 4) is 0 Å². The summed E-state index contributed by atoms with van der Waals surface area (Å²) in [7, 11) is 1.62. The van der Waals surface area contributed by atoms with Crippen molar-refractivity contribution >= 4 is 35.6 Å². The molecule has 9 heteroatoms. The Labute approximate surface area is 169 Å². The van der Waals surface area contributed by atoms with Gasteiger partial charge < -0.3 is 25.2 Å². The molecule has 2 heterocycles. The molecule has 28 heavy (non-hydrogen) atoms. The quantitative estimate of drug-likeness (QED) is 0.678. The van der Waals surface area contributed by atoms with Crippen LogP contribution < -0.4 is 16.0 Å². The van der Waals surface area contributed by atoms with Crippen LogP contribution in [-0.2, 0) is 9.53 Å². The molecule has 0 aliphatic carbocycles. The summed E-state index contributed by atoms with van der Waals surface area (Å²) in [6, 6.07) is 6.99. The van der Waals surface area contributed by atoms with Crippen molar-refractivity contribution in [1.82, 2.24) is 10.5 Å². The monoisotopic (exact) mass is 408 g/mol. The zero-order valence-electron chi connectivity index (χ0n) is 15.9. The van der Waals surface area contributed by atoms with Gasteiger partial charge in [-0.3, -0.25) is 9.59 Å². The average molecular weight is 409 g/mol. The van der Waals surface area contributed by atoms with E-state index in [-0.39, 0.29) is 24.2 Å². The molecule has 1 saturated heterocycles. The molecule has 0 unspecified atom stereocenters. The third kappa shape index (κ3) is 4.89. The number of piperidine rings is 1. The van der Waals surface area contributed by atoms with Gasteiger partial charge in [0, 0.05) is 18.5 Å². The number of aromatic nitrogens is 1. The maximum Gasteiger partial charge on any atom is 0.260 e. The molecule has 0 spiro atoms. The molecule has 1 aliphatic rings. The highest BCUT2D eigenvalue weighted by Gasteiger charge is 2.39. The Morgan fingerprint density at radius 3 is 2.32 bits per heavy atom. The summed E-state index contributed by atoms with van der Waals surface area (Å²) in [6.45, 7) is 3.66. The van der Waals surface area contributed by atoms with Crippen molar-refractivity contribution in [2.45, 2.75) is 19.8 Å². The minimum atomic E-state index is -0.515. The second-order valence-corrected chi connectivity index (χ2v) is 6.74. The lowest BCUT2D eigenvalue weighted by Gasteiger charge is -2.35. The SMILES string of the molecule is COCC1(C(=O)Nc2ccc(NC(=O)c3cnoc3C)cc2)CCNCC1.Cl. The fraction of sp³-hybridized carbons (Fsp3) is 0.421. The van der Waals surface area contributed by atoms with Crippen LogP contribution in [0.5, 0.6) is 0 Å². The molecule has 152 valence electrons. The Balaban J connectivity index is 0.00000280. The highest BCUT2D eigenvalue weighted by Crippen LogP contribution is 2.31. The standard InChI is InChI=1S/C19H24N4O4.ClH/c1-13-16(11-21-27-13)17(24)22-14-3-5-15(6-4-14)23-18(25)19(12-26-2)7-9-20-10-8-19;/h3-6,11,20H,7-10,12H2,1-2H3,(H,22,24)(H,23,25);1H. The van der Waals surface area contributed by atoms with Crippen molar-refractivity contribution in [3.05, 3.63) is 41.8 Å². The van der Waals surface area contributed by atoms with Crippen LogP contribution in [0.4, 0.5) is 11.4 Å². The minimum Gasteiger partial charge on any atom is -0.384 e. The molecule has 2 amide bonds. The van der Waals surface area contributed by atoms with Gasteiger partial charge in [0.2, 0.25) is 5.91 Å². The Hall–Kier alpha value is -2.42. The van der Waals surface area contributed by atoms with Crippen molar-refractivity contribution in [2.24, 2.45) is 5.41 Å². The molecule has 3 rings (SSSR count). The summed E-state index contributed by atoms with van der Waals surface area (Å²) < 4.78 is 10.2. The van der Waals surface area contributed by atoms with Gasteiger partial charge in [-0.1, -0.05) is 5.16 Å². The molecule has 0 atom stereocenters. The number of carbonyl (C=O) groups excluding carboxylic acids is 2. The predicted molar refractivity (Wildman–Crippen MR) is 108 cm³/mol. The van der Waals surface area contributed by atoms with Gasteiger partial charge in [-0.05, 0) is 57.1 Å². The van der Waals surface area contributed by atoms with Gasteiger partial charge in [0.25, 0.3) is 5.91 Å². The van der Waals surface area contributed by atoms with Crippen LogP contribution in [0.2, 0.25) is 0 Å². The van der Waals surface area contributed by atoms with Gasteiger partial charge in [0.05, 0.1) is 18.2 Å². The Morgan fingerprint density at radius 2 is 1.79 bits per heavy atom. The van der Waals surface area contributed by atoms with Crippen LogP contribution in [0, 0.1) is 12.3 Å². The maximum absolute atomic E-state index is 12.8. The van der Waals surface area contributed by atoms with E-state index in [0.29, 0.717) is 29.3 Å². The zero-order valence-corrected chi connectivity index (χ0v) is 16.7. The lowest BCUT2D eigenvalue weighted by molar-refractivity contribution is -0.130. The number of hydrogen-bond donors (Lipinski definition) is 3. The summed E-state index contributed by atoms with van der Waals surface area (Å²) in [4.78, 5) is 25.0. The van der Waals surface area contributed by atoms with Crippen LogP contribution >= 0.6 is 12.4 Å². The summed E-state index contributed by atoms with van der Waals surface area (Å²) in [5, 5.41) is 12.6. The molecule has 1 aliphatic heterocycles. The zero-order chi connectivity index (χ0) is 19.3. The van der Waals surface area contributed by atoms with Crippen LogP contribution in [-0.4, -0.2) is 43.8 Å². The Morgan fingerprint density at radius 1 is 1.18 bits per heavy atom. The van der Waals surface area contributed by atoms with Crippen LogP contribution in [0.15, 0.2) is 35.0 Å². The Kier molecular flexibility index (Phi) is 7.56. The van der Waals surface area contributed by atoms with Gasteiger partial charge in [-0.25, -0.2) is 0 Å². The lowest BCUT2D eigenvalue weighted by atomic mass is 9.78. The molecule has 0 saturated carbocycles. The number of hydrogen-bond acceptors (Lipinski definition) is 6. The summed E-state index contributed by atoms with van der Waals surface area (Å²) in [5.41, 5.74) is 1.17. The molecule has 1 aromatic carbocycles. The van der Waals surface area contributed by atoms with Gasteiger partial charge in [-0.15, -0.1) is 12.4 Å². The van der Waals surface area contributed by atoms with E-state index >= 15 is 0 Å². The number of carbonyl (C=O) groups is 2. The van der Waals surface area contributed by atoms with E-state index in [9.17, 15) is 9.59 Å². The van der Waals surface area contributed by atoms with Crippen molar-refractivity contribution < 1.29 is 18.8 Å². The molecule has 3 N–H and O–H groups in total. The smallest absolute Gasteiger partial charge is 0.260 e. The molecule has 0 radical (unpaired) electrons. The largest absolute Gasteiger partial charge is 0.384 e. The second-order valence-electron chi connectivity index (χ2n) is 6.74. The first-order chi connectivity index (χ1) is 13.0. The highest BCUT2D eigenvalue weighted by molar-refractivity contribution is 6.04. The van der Waals surface area contributed by atoms with E-state index in [1.165, 1.54) is 6.20 Å². The number of anilines is 2. The molecular formula is C19H25ClN4O4. The van der Waals surface area contributed by atoms with Crippen LogP contribution in [0.1, 0.15) is 29.0 Å². The minimum absolute atomic E-state index is 0. The average Bonchev–Trinajstić information content (AvgIpc) is 3.10. The number of ether oxygens (including phenoxy) is 1. The van der Waals surface area contributed by atoms with E-state index in [2.05, 4.69) is 21.1 Å². The van der Waals surface area contributed by atoms with E-state index in [4.69, 9.17) is 9.26 Å². The number of amides is 2. The fourth-order valence-electron chi connectivity index (χ4n) is 3.23. The number of aryl methyl sites for hydroxylation is 1. The van der Waals surface area contributed by atoms with Crippen LogP contribution in [0.25, 0.3) is 0 Å². The number of halogens is 1. The normalized spacial score (nSPS) is 15.4. The van der Waals surface area contributed by atoms with Gasteiger partial charge >= 0.3 is 0 Å².